The highest BCUT2D eigenvalue weighted by atomic mass is 35.5. The number of aryl methyl sites for hydroxylation is 1. The first-order valence-corrected chi connectivity index (χ1v) is 12.0. The van der Waals surface area contributed by atoms with Crippen LogP contribution in [0.3, 0.4) is 0 Å². The van der Waals surface area contributed by atoms with Crippen molar-refractivity contribution in [3.8, 4) is 0 Å². The molecule has 4 heteroatoms. The number of hydrogen-bond acceptors (Lipinski definition) is 3. The highest BCUT2D eigenvalue weighted by Crippen LogP contribution is 2.43. The molecule has 156 valence electrons. The number of thiophene rings is 1. The van der Waals surface area contributed by atoms with E-state index in [2.05, 4.69) is 37.3 Å². The molecule has 0 radical (unpaired) electrons. The molecular formula is C25H31ClO2S. The first kappa shape index (κ1) is 22.3. The molecule has 0 fully saturated rings. The minimum Gasteiger partial charge on any atom is -0.388 e. The van der Waals surface area contributed by atoms with Crippen molar-refractivity contribution in [1.82, 2.24) is 0 Å². The highest BCUT2D eigenvalue weighted by Gasteiger charge is 2.25. The van der Waals surface area contributed by atoms with Gasteiger partial charge in [-0.05, 0) is 73.3 Å². The van der Waals surface area contributed by atoms with Gasteiger partial charge >= 0.3 is 0 Å². The standard InChI is InChI=1S/C25H31ClO2S/c1-2-3-4-8-24(28)18-9-11-20(12-10-18)25-19(13-16-23(25)26)6-5-7-21-14-15-22(17-27)29-21/h9-12,14-15,17,19,24,28H,2-8,13,16H2,1H3/t19-,24-/m0/s1. The monoisotopic (exact) mass is 430 g/mol. The van der Waals surface area contributed by atoms with Gasteiger partial charge in [0.05, 0.1) is 11.0 Å². The molecule has 1 N–H and O–H groups in total. The maximum Gasteiger partial charge on any atom is 0.160 e. The Hall–Kier alpha value is -1.42. The molecule has 0 spiro atoms. The number of unbranched alkanes of at least 4 members (excludes halogenated alkanes) is 2. The van der Waals surface area contributed by atoms with E-state index in [9.17, 15) is 9.90 Å². The summed E-state index contributed by atoms with van der Waals surface area (Å²) in [6, 6.07) is 12.4. The van der Waals surface area contributed by atoms with Gasteiger partial charge in [-0.15, -0.1) is 11.3 Å². The number of rotatable bonds is 11. The third-order valence-electron chi connectivity index (χ3n) is 5.87. The third kappa shape index (κ3) is 6.04. The molecule has 2 nitrogen and oxygen atoms in total. The van der Waals surface area contributed by atoms with E-state index in [0.29, 0.717) is 5.92 Å². The summed E-state index contributed by atoms with van der Waals surface area (Å²) in [6.07, 6.45) is 10.1. The first-order chi connectivity index (χ1) is 14.1. The van der Waals surface area contributed by atoms with Gasteiger partial charge in [-0.25, -0.2) is 0 Å². The zero-order chi connectivity index (χ0) is 20.6. The predicted octanol–water partition coefficient (Wildman–Crippen LogP) is 7.56. The molecule has 1 aromatic heterocycles. The fraction of sp³-hybridized carbons (Fsp3) is 0.480. The lowest BCUT2D eigenvalue weighted by Crippen LogP contribution is -2.02. The summed E-state index contributed by atoms with van der Waals surface area (Å²) in [5.41, 5.74) is 3.49. The lowest BCUT2D eigenvalue weighted by atomic mass is 9.89. The zero-order valence-corrected chi connectivity index (χ0v) is 18.8. The summed E-state index contributed by atoms with van der Waals surface area (Å²) in [6.45, 7) is 2.18. The van der Waals surface area contributed by atoms with E-state index in [1.807, 2.05) is 6.07 Å². The van der Waals surface area contributed by atoms with Crippen LogP contribution in [0.15, 0.2) is 41.4 Å². The summed E-state index contributed by atoms with van der Waals surface area (Å²) in [4.78, 5) is 12.9. The van der Waals surface area contributed by atoms with Crippen molar-refractivity contribution >= 4 is 34.8 Å². The Balaban J connectivity index is 1.58. The van der Waals surface area contributed by atoms with Crippen molar-refractivity contribution in [2.24, 2.45) is 5.92 Å². The van der Waals surface area contributed by atoms with E-state index in [0.717, 1.165) is 66.7 Å². The molecule has 0 amide bonds. The second-order valence-electron chi connectivity index (χ2n) is 8.00. The van der Waals surface area contributed by atoms with Gasteiger partial charge < -0.3 is 5.11 Å². The molecule has 29 heavy (non-hydrogen) atoms. The summed E-state index contributed by atoms with van der Waals surface area (Å²) in [7, 11) is 0. The van der Waals surface area contributed by atoms with E-state index < -0.39 is 0 Å². The quantitative estimate of drug-likeness (QED) is 0.295. The SMILES string of the molecule is CCCCC[C@H](O)c1ccc(C2=C(Cl)CC[C@@H]2CCCc2ccc(C=O)s2)cc1. The Bertz CT molecular complexity index is 822. The smallest absolute Gasteiger partial charge is 0.160 e. The highest BCUT2D eigenvalue weighted by molar-refractivity contribution is 7.13. The van der Waals surface area contributed by atoms with Crippen molar-refractivity contribution in [2.75, 3.05) is 0 Å². The molecule has 0 aliphatic heterocycles. The summed E-state index contributed by atoms with van der Waals surface area (Å²) < 4.78 is 0. The van der Waals surface area contributed by atoms with Gasteiger partial charge in [0.15, 0.2) is 6.29 Å². The van der Waals surface area contributed by atoms with Gasteiger partial charge in [-0.1, -0.05) is 62.1 Å². The number of hydrogen-bond donors (Lipinski definition) is 1. The maximum absolute atomic E-state index is 10.8. The molecule has 1 aromatic carbocycles. The molecule has 1 heterocycles. The van der Waals surface area contributed by atoms with Gasteiger partial charge in [0.25, 0.3) is 0 Å². The first-order valence-electron chi connectivity index (χ1n) is 10.8. The second-order valence-corrected chi connectivity index (χ2v) is 9.66. The predicted molar refractivity (Wildman–Crippen MR) is 124 cm³/mol. The Morgan fingerprint density at radius 3 is 2.66 bits per heavy atom. The lowest BCUT2D eigenvalue weighted by molar-refractivity contribution is 0.112. The van der Waals surface area contributed by atoms with Gasteiger partial charge in [0.2, 0.25) is 0 Å². The van der Waals surface area contributed by atoms with Gasteiger partial charge in [-0.2, -0.15) is 0 Å². The van der Waals surface area contributed by atoms with Crippen LogP contribution in [0.1, 0.15) is 90.1 Å². The summed E-state index contributed by atoms with van der Waals surface area (Å²) >= 11 is 8.20. The van der Waals surface area contributed by atoms with E-state index in [-0.39, 0.29) is 6.10 Å². The molecule has 0 saturated heterocycles. The van der Waals surface area contributed by atoms with Crippen LogP contribution < -0.4 is 0 Å². The normalized spacial score (nSPS) is 17.7. The number of halogens is 1. The summed E-state index contributed by atoms with van der Waals surface area (Å²) in [5, 5.41) is 11.4. The van der Waals surface area contributed by atoms with Crippen molar-refractivity contribution in [3.63, 3.8) is 0 Å². The van der Waals surface area contributed by atoms with E-state index in [1.54, 1.807) is 11.3 Å². The third-order valence-corrected chi connectivity index (χ3v) is 7.34. The molecule has 0 bridgehead atoms. The van der Waals surface area contributed by atoms with Crippen molar-refractivity contribution < 1.29 is 9.90 Å². The van der Waals surface area contributed by atoms with Crippen LogP contribution in [0.2, 0.25) is 0 Å². The Morgan fingerprint density at radius 1 is 1.17 bits per heavy atom. The number of allylic oxidation sites excluding steroid dienone is 2. The Morgan fingerprint density at radius 2 is 1.97 bits per heavy atom. The van der Waals surface area contributed by atoms with Gasteiger partial charge in [0, 0.05) is 9.91 Å². The van der Waals surface area contributed by atoms with Crippen LogP contribution >= 0.6 is 22.9 Å². The van der Waals surface area contributed by atoms with Crippen LogP contribution in [0.5, 0.6) is 0 Å². The van der Waals surface area contributed by atoms with Crippen LogP contribution in [-0.4, -0.2) is 11.4 Å². The molecule has 1 aliphatic carbocycles. The van der Waals surface area contributed by atoms with Crippen LogP contribution in [0.25, 0.3) is 5.57 Å². The fourth-order valence-electron chi connectivity index (χ4n) is 4.24. The molecule has 2 atom stereocenters. The maximum atomic E-state index is 10.8. The average molecular weight is 431 g/mol. The molecule has 0 unspecified atom stereocenters. The van der Waals surface area contributed by atoms with E-state index >= 15 is 0 Å². The fourth-order valence-corrected chi connectivity index (χ4v) is 5.48. The topological polar surface area (TPSA) is 37.3 Å². The number of benzene rings is 1. The number of carbonyl (C=O) groups excluding carboxylic acids is 1. The second kappa shape index (κ2) is 11.1. The van der Waals surface area contributed by atoms with E-state index in [4.69, 9.17) is 11.6 Å². The number of aldehydes is 1. The van der Waals surface area contributed by atoms with Crippen LogP contribution in [0, 0.1) is 5.92 Å². The Labute approximate surface area is 183 Å². The van der Waals surface area contributed by atoms with Crippen molar-refractivity contribution in [1.29, 1.82) is 0 Å². The average Bonchev–Trinajstić information content (AvgIpc) is 3.35. The zero-order valence-electron chi connectivity index (χ0n) is 17.2. The molecule has 2 aromatic rings. The molecule has 3 rings (SSSR count). The van der Waals surface area contributed by atoms with Crippen molar-refractivity contribution in [2.45, 2.75) is 70.8 Å². The number of aliphatic hydroxyl groups is 1. The number of carbonyl (C=O) groups is 1. The largest absolute Gasteiger partial charge is 0.388 e. The summed E-state index contributed by atoms with van der Waals surface area (Å²) in [5.74, 6) is 0.494. The minimum absolute atomic E-state index is 0.374. The van der Waals surface area contributed by atoms with E-state index in [1.165, 1.54) is 28.9 Å². The van der Waals surface area contributed by atoms with Gasteiger partial charge in [0.1, 0.15) is 0 Å². The van der Waals surface area contributed by atoms with Crippen LogP contribution in [-0.2, 0) is 6.42 Å². The number of aliphatic hydroxyl groups excluding tert-OH is 1. The lowest BCUT2D eigenvalue weighted by Gasteiger charge is -2.17. The Kier molecular flexibility index (Phi) is 8.53. The van der Waals surface area contributed by atoms with Crippen LogP contribution in [0.4, 0.5) is 0 Å². The molecular weight excluding hydrogens is 400 g/mol. The molecule has 1 aliphatic rings. The minimum atomic E-state index is -0.374. The molecule has 0 saturated carbocycles. The van der Waals surface area contributed by atoms with Gasteiger partial charge in [-0.3, -0.25) is 4.79 Å². The van der Waals surface area contributed by atoms with Crippen molar-refractivity contribution in [3.05, 3.63) is 62.3 Å².